The summed E-state index contributed by atoms with van der Waals surface area (Å²) in [4.78, 5) is 26.6. The third-order valence-corrected chi connectivity index (χ3v) is 2.22. The second kappa shape index (κ2) is 7.33. The second-order valence-corrected chi connectivity index (χ2v) is 4.03. The van der Waals surface area contributed by atoms with Gasteiger partial charge in [0.1, 0.15) is 0 Å². The highest BCUT2D eigenvalue weighted by Crippen LogP contribution is 1.95. The van der Waals surface area contributed by atoms with Gasteiger partial charge in [0.15, 0.2) is 0 Å². The van der Waals surface area contributed by atoms with Gasteiger partial charge in [-0.15, -0.1) is 0 Å². The van der Waals surface area contributed by atoms with Crippen LogP contribution >= 0.6 is 12.2 Å². The van der Waals surface area contributed by atoms with Crippen molar-refractivity contribution in [3.05, 3.63) is 30.1 Å². The van der Waals surface area contributed by atoms with Gasteiger partial charge in [-0.3, -0.25) is 14.6 Å². The Morgan fingerprint density at radius 2 is 1.83 bits per heavy atom. The molecule has 1 heterocycles. The fraction of sp³-hybridized carbons (Fsp3) is 0.273. The average Bonchev–Trinajstić information content (AvgIpc) is 2.37. The molecule has 0 aliphatic rings. The zero-order valence-corrected chi connectivity index (χ0v) is 10.5. The van der Waals surface area contributed by atoms with Crippen molar-refractivity contribution < 1.29 is 9.59 Å². The van der Waals surface area contributed by atoms with Crippen LogP contribution in [0.25, 0.3) is 0 Å². The van der Waals surface area contributed by atoms with E-state index in [9.17, 15) is 9.59 Å². The molecule has 4 N–H and O–H groups in total. The van der Waals surface area contributed by atoms with E-state index in [0.29, 0.717) is 13.0 Å². The maximum Gasteiger partial charge on any atom is 0.309 e. The first-order valence-corrected chi connectivity index (χ1v) is 5.73. The molecule has 0 aromatic carbocycles. The molecular formula is C11H14N4O2S. The number of nitrogens with two attached hydrogens (primary N) is 1. The van der Waals surface area contributed by atoms with Gasteiger partial charge < -0.3 is 16.4 Å². The van der Waals surface area contributed by atoms with Gasteiger partial charge in [-0.05, 0) is 24.1 Å². The predicted octanol–water partition coefficient (Wildman–Crippen LogP) is -0.857. The van der Waals surface area contributed by atoms with Crippen LogP contribution < -0.4 is 16.4 Å². The molecule has 0 aliphatic carbocycles. The van der Waals surface area contributed by atoms with Gasteiger partial charge in [-0.25, -0.2) is 0 Å². The second-order valence-electron chi connectivity index (χ2n) is 3.51. The van der Waals surface area contributed by atoms with Crippen LogP contribution in [0.4, 0.5) is 0 Å². The van der Waals surface area contributed by atoms with E-state index in [-0.39, 0.29) is 11.5 Å². The molecule has 2 amide bonds. The van der Waals surface area contributed by atoms with E-state index >= 15 is 0 Å². The SMILES string of the molecule is NC(=S)CNC(=O)C(=O)NCCc1ccncc1. The average molecular weight is 266 g/mol. The highest BCUT2D eigenvalue weighted by molar-refractivity contribution is 7.80. The molecule has 0 fully saturated rings. The molecular weight excluding hydrogens is 252 g/mol. The standard InChI is InChI=1S/C11H14N4O2S/c12-9(18)7-15-11(17)10(16)14-6-3-8-1-4-13-5-2-8/h1-2,4-5H,3,6-7H2,(H2,12,18)(H,14,16)(H,15,17). The van der Waals surface area contributed by atoms with Gasteiger partial charge in [-0.1, -0.05) is 12.2 Å². The molecule has 1 rings (SSSR count). The molecule has 0 unspecified atom stereocenters. The molecule has 0 saturated heterocycles. The predicted molar refractivity (Wildman–Crippen MR) is 70.7 cm³/mol. The van der Waals surface area contributed by atoms with Gasteiger partial charge in [0.25, 0.3) is 0 Å². The van der Waals surface area contributed by atoms with Crippen LogP contribution in [0.5, 0.6) is 0 Å². The Morgan fingerprint density at radius 1 is 1.22 bits per heavy atom. The lowest BCUT2D eigenvalue weighted by molar-refractivity contribution is -0.139. The summed E-state index contributed by atoms with van der Waals surface area (Å²) in [5, 5.41) is 4.80. The number of rotatable bonds is 5. The van der Waals surface area contributed by atoms with Gasteiger partial charge in [0.2, 0.25) is 0 Å². The molecule has 96 valence electrons. The number of nitrogens with one attached hydrogen (secondary N) is 2. The maximum atomic E-state index is 11.3. The summed E-state index contributed by atoms with van der Waals surface area (Å²) in [5.41, 5.74) is 6.23. The van der Waals surface area contributed by atoms with Crippen LogP contribution in [0.15, 0.2) is 24.5 Å². The van der Waals surface area contributed by atoms with Crippen molar-refractivity contribution in [1.29, 1.82) is 0 Å². The molecule has 7 heteroatoms. The minimum Gasteiger partial charge on any atom is -0.392 e. The Bertz CT molecular complexity index is 436. The van der Waals surface area contributed by atoms with Crippen molar-refractivity contribution in [2.75, 3.05) is 13.1 Å². The lowest BCUT2D eigenvalue weighted by Gasteiger charge is -2.05. The topological polar surface area (TPSA) is 97.1 Å². The Balaban J connectivity index is 2.24. The minimum absolute atomic E-state index is 0.0198. The molecule has 0 aliphatic heterocycles. The smallest absolute Gasteiger partial charge is 0.309 e. The largest absolute Gasteiger partial charge is 0.392 e. The summed E-state index contributed by atoms with van der Waals surface area (Å²) in [7, 11) is 0. The number of pyridine rings is 1. The molecule has 0 spiro atoms. The Morgan fingerprint density at radius 3 is 2.44 bits per heavy atom. The van der Waals surface area contributed by atoms with Crippen LogP contribution in [-0.4, -0.2) is 34.9 Å². The van der Waals surface area contributed by atoms with E-state index < -0.39 is 11.8 Å². The van der Waals surface area contributed by atoms with E-state index in [4.69, 9.17) is 5.73 Å². The summed E-state index contributed by atoms with van der Waals surface area (Å²) in [6.07, 6.45) is 3.98. The summed E-state index contributed by atoms with van der Waals surface area (Å²) in [6.45, 7) is 0.398. The number of amides is 2. The van der Waals surface area contributed by atoms with Gasteiger partial charge in [0, 0.05) is 18.9 Å². The van der Waals surface area contributed by atoms with E-state index in [1.54, 1.807) is 12.4 Å². The fourth-order valence-corrected chi connectivity index (χ4v) is 1.27. The van der Waals surface area contributed by atoms with Crippen LogP contribution in [0.1, 0.15) is 5.56 Å². The van der Waals surface area contributed by atoms with Crippen molar-refractivity contribution in [3.63, 3.8) is 0 Å². The summed E-state index contributed by atoms with van der Waals surface area (Å²) >= 11 is 4.58. The van der Waals surface area contributed by atoms with Crippen LogP contribution in [0.3, 0.4) is 0 Å². The molecule has 18 heavy (non-hydrogen) atoms. The van der Waals surface area contributed by atoms with E-state index in [2.05, 4.69) is 27.8 Å². The number of carbonyl (C=O) groups excluding carboxylic acids is 2. The lowest BCUT2D eigenvalue weighted by Crippen LogP contribution is -2.43. The van der Waals surface area contributed by atoms with Crippen molar-refractivity contribution in [1.82, 2.24) is 15.6 Å². The first kappa shape index (κ1) is 14.0. The van der Waals surface area contributed by atoms with E-state index in [0.717, 1.165) is 5.56 Å². The number of aromatic nitrogens is 1. The number of hydrogen-bond acceptors (Lipinski definition) is 4. The number of carbonyl (C=O) groups is 2. The van der Waals surface area contributed by atoms with E-state index in [1.807, 2.05) is 12.1 Å². The number of nitrogens with zero attached hydrogens (tertiary/aromatic N) is 1. The summed E-state index contributed by atoms with van der Waals surface area (Å²) in [5.74, 6) is -1.43. The van der Waals surface area contributed by atoms with Crippen LogP contribution in [0.2, 0.25) is 0 Å². The number of hydrogen-bond donors (Lipinski definition) is 3. The Hall–Kier alpha value is -2.02. The van der Waals surface area contributed by atoms with Crippen molar-refractivity contribution in [3.8, 4) is 0 Å². The van der Waals surface area contributed by atoms with Crippen LogP contribution in [0, 0.1) is 0 Å². The van der Waals surface area contributed by atoms with Gasteiger partial charge in [-0.2, -0.15) is 0 Å². The Labute approximate surface area is 110 Å². The maximum absolute atomic E-state index is 11.3. The van der Waals surface area contributed by atoms with E-state index in [1.165, 1.54) is 0 Å². The molecule has 0 radical (unpaired) electrons. The molecule has 0 atom stereocenters. The summed E-state index contributed by atoms with van der Waals surface area (Å²) in [6, 6.07) is 3.69. The van der Waals surface area contributed by atoms with Crippen molar-refractivity contribution in [2.24, 2.45) is 5.73 Å². The molecule has 1 aromatic rings. The monoisotopic (exact) mass is 266 g/mol. The minimum atomic E-state index is -0.738. The zero-order valence-electron chi connectivity index (χ0n) is 9.68. The zero-order chi connectivity index (χ0) is 13.4. The van der Waals surface area contributed by atoms with Gasteiger partial charge >= 0.3 is 11.8 Å². The highest BCUT2D eigenvalue weighted by atomic mass is 32.1. The molecule has 0 bridgehead atoms. The van der Waals surface area contributed by atoms with Crippen molar-refractivity contribution >= 4 is 29.0 Å². The Kier molecular flexibility index (Phi) is 5.72. The quantitative estimate of drug-likeness (QED) is 0.476. The lowest BCUT2D eigenvalue weighted by atomic mass is 10.2. The number of thiocarbonyl (C=S) groups is 1. The summed E-state index contributed by atoms with van der Waals surface area (Å²) < 4.78 is 0. The third kappa shape index (κ3) is 5.35. The normalized spacial score (nSPS) is 9.56. The molecule has 0 saturated carbocycles. The first-order chi connectivity index (χ1) is 8.59. The fourth-order valence-electron chi connectivity index (χ4n) is 1.20. The van der Waals surface area contributed by atoms with Gasteiger partial charge in [0.05, 0.1) is 11.5 Å². The van der Waals surface area contributed by atoms with Crippen molar-refractivity contribution in [2.45, 2.75) is 6.42 Å². The highest BCUT2D eigenvalue weighted by Gasteiger charge is 2.11. The first-order valence-electron chi connectivity index (χ1n) is 5.33. The molecule has 6 nitrogen and oxygen atoms in total. The van der Waals surface area contributed by atoms with Crippen LogP contribution in [-0.2, 0) is 16.0 Å². The molecule has 1 aromatic heterocycles. The third-order valence-electron chi connectivity index (χ3n) is 2.08.